The van der Waals surface area contributed by atoms with Crippen molar-refractivity contribution in [3.63, 3.8) is 0 Å². The Morgan fingerprint density at radius 3 is 1.55 bits per heavy atom. The van der Waals surface area contributed by atoms with E-state index in [2.05, 4.69) is 16.0 Å². The molecule has 11 heteroatoms. The fourth-order valence-corrected chi connectivity index (χ4v) is 6.09. The number of hydrogen-bond donors (Lipinski definition) is 1. The number of nitrogens with zero attached hydrogens (tertiary/aromatic N) is 2. The Balaban J connectivity index is 0.000000204. The molecule has 6 rings (SSSR count). The van der Waals surface area contributed by atoms with Gasteiger partial charge in [0.05, 0.1) is 42.7 Å². The van der Waals surface area contributed by atoms with Crippen molar-refractivity contribution in [1.29, 1.82) is 0 Å². The van der Waals surface area contributed by atoms with Crippen LogP contribution in [0.15, 0.2) is 109 Å². The van der Waals surface area contributed by atoms with Gasteiger partial charge in [-0.1, -0.05) is 71.7 Å². The average Bonchev–Trinajstić information content (AvgIpc) is 3.20. The van der Waals surface area contributed by atoms with Gasteiger partial charge in [0, 0.05) is 62.2 Å². The summed E-state index contributed by atoms with van der Waals surface area (Å²) in [6, 6.07) is 30.2. The summed E-state index contributed by atoms with van der Waals surface area (Å²) < 4.78 is 32.5. The molecule has 0 saturated heterocycles. The minimum Gasteiger partial charge on any atom is -0.493 e. The van der Waals surface area contributed by atoms with E-state index in [0.29, 0.717) is 62.4 Å². The first kappa shape index (κ1) is 38.7. The number of benzene rings is 4. The molecular weight excluding hydrogens is 715 g/mol. The third kappa shape index (κ3) is 9.13. The highest BCUT2D eigenvalue weighted by Crippen LogP contribution is 2.40. The Labute approximate surface area is 319 Å². The highest BCUT2D eigenvalue weighted by Gasteiger charge is 2.23. The lowest BCUT2D eigenvalue weighted by Crippen LogP contribution is -2.07. The zero-order chi connectivity index (χ0) is 37.9. The van der Waals surface area contributed by atoms with Crippen LogP contribution in [0.1, 0.15) is 28.4 Å². The summed E-state index contributed by atoms with van der Waals surface area (Å²) in [5, 5.41) is 12.4. The lowest BCUT2D eigenvalue weighted by Gasteiger charge is -2.19. The Morgan fingerprint density at radius 1 is 0.509 bits per heavy atom. The number of aliphatic hydroxyl groups is 1. The van der Waals surface area contributed by atoms with Crippen LogP contribution in [0.25, 0.3) is 22.3 Å². The molecule has 4 aromatic carbocycles. The molecule has 0 spiro atoms. The van der Waals surface area contributed by atoms with Crippen LogP contribution in [0.5, 0.6) is 34.8 Å². The standard InChI is InChI=1S/C21H20ClNO4.C21H20ClNO3/c1-25-18-6-4-5-16(20(18)26-2)19(24)17-11-14(12-23-21(17)27-3)13-7-9-15(22)10-8-13;1-24-19-6-4-5-15(20(19)25-2)11-16-12-17(13-23-21(16)26-3)14-7-9-18(22)10-8-14/h4-12,19,24H,1-3H3;4-10,12-13H,11H2,1-3H3. The molecule has 0 aliphatic rings. The molecule has 6 aromatic rings. The molecule has 274 valence electrons. The molecule has 2 aromatic heterocycles. The highest BCUT2D eigenvalue weighted by atomic mass is 35.5. The molecule has 0 fully saturated rings. The summed E-state index contributed by atoms with van der Waals surface area (Å²) in [5.74, 6) is 3.35. The van der Waals surface area contributed by atoms with E-state index in [4.69, 9.17) is 51.6 Å². The molecule has 1 N–H and O–H groups in total. The van der Waals surface area contributed by atoms with Crippen LogP contribution in [0, 0.1) is 0 Å². The van der Waals surface area contributed by atoms with E-state index in [1.54, 1.807) is 59.0 Å². The first-order chi connectivity index (χ1) is 25.7. The molecule has 0 aliphatic heterocycles. The van der Waals surface area contributed by atoms with Crippen molar-refractivity contribution < 1.29 is 33.5 Å². The molecule has 0 aliphatic carbocycles. The first-order valence-corrected chi connectivity index (χ1v) is 17.2. The van der Waals surface area contributed by atoms with Crippen LogP contribution in [0.2, 0.25) is 10.0 Å². The van der Waals surface area contributed by atoms with Gasteiger partial charge in [0.25, 0.3) is 0 Å². The van der Waals surface area contributed by atoms with Gasteiger partial charge in [0.15, 0.2) is 23.0 Å². The molecule has 2 heterocycles. The topological polar surface area (TPSA) is 101 Å². The predicted molar refractivity (Wildman–Crippen MR) is 208 cm³/mol. The molecular formula is C42H40Cl2N2O7. The Kier molecular flexibility index (Phi) is 13.4. The summed E-state index contributed by atoms with van der Waals surface area (Å²) in [7, 11) is 9.50. The number of hydrogen-bond acceptors (Lipinski definition) is 9. The largest absolute Gasteiger partial charge is 0.493 e. The van der Waals surface area contributed by atoms with E-state index in [1.165, 1.54) is 14.2 Å². The summed E-state index contributed by atoms with van der Waals surface area (Å²) in [6.45, 7) is 0. The van der Waals surface area contributed by atoms with Crippen LogP contribution in [-0.4, -0.2) is 57.7 Å². The van der Waals surface area contributed by atoms with Gasteiger partial charge >= 0.3 is 0 Å². The normalized spacial score (nSPS) is 11.1. The van der Waals surface area contributed by atoms with E-state index in [1.807, 2.05) is 72.8 Å². The molecule has 1 unspecified atom stereocenters. The summed E-state index contributed by atoms with van der Waals surface area (Å²) in [5.41, 5.74) is 6.86. The number of para-hydroxylation sites is 2. The minimum atomic E-state index is -1.01. The van der Waals surface area contributed by atoms with Crippen molar-refractivity contribution in [3.8, 4) is 57.0 Å². The summed E-state index contributed by atoms with van der Waals surface area (Å²) in [4.78, 5) is 8.82. The van der Waals surface area contributed by atoms with E-state index in [9.17, 15) is 5.11 Å². The number of rotatable bonds is 12. The van der Waals surface area contributed by atoms with Gasteiger partial charge in [-0.3, -0.25) is 0 Å². The number of aromatic nitrogens is 2. The zero-order valence-electron chi connectivity index (χ0n) is 30.2. The fraction of sp³-hybridized carbons (Fsp3) is 0.190. The zero-order valence-corrected chi connectivity index (χ0v) is 31.7. The lowest BCUT2D eigenvalue weighted by molar-refractivity contribution is 0.206. The predicted octanol–water partition coefficient (Wildman–Crippen LogP) is 9.53. The van der Waals surface area contributed by atoms with Crippen molar-refractivity contribution in [1.82, 2.24) is 9.97 Å². The maximum Gasteiger partial charge on any atom is 0.219 e. The van der Waals surface area contributed by atoms with Crippen LogP contribution in [0.4, 0.5) is 0 Å². The number of aliphatic hydroxyl groups excluding tert-OH is 1. The molecule has 0 amide bonds. The number of pyridine rings is 2. The molecule has 0 bridgehead atoms. The Hall–Kier alpha value is -5.48. The van der Waals surface area contributed by atoms with Gasteiger partial charge in [0.2, 0.25) is 11.8 Å². The van der Waals surface area contributed by atoms with E-state index >= 15 is 0 Å². The van der Waals surface area contributed by atoms with Crippen molar-refractivity contribution in [3.05, 3.63) is 142 Å². The first-order valence-electron chi connectivity index (χ1n) is 16.4. The second-order valence-electron chi connectivity index (χ2n) is 11.5. The van der Waals surface area contributed by atoms with Crippen molar-refractivity contribution >= 4 is 23.2 Å². The number of ether oxygens (including phenoxy) is 6. The molecule has 9 nitrogen and oxygen atoms in total. The third-order valence-corrected chi connectivity index (χ3v) is 8.94. The molecule has 0 saturated carbocycles. The van der Waals surface area contributed by atoms with Gasteiger partial charge in [-0.2, -0.15) is 0 Å². The SMILES string of the molecule is COc1cccc(C(O)c2cc(-c3ccc(Cl)cc3)cnc2OC)c1OC.COc1cccc(Cc2cc(-c3ccc(Cl)cc3)cnc2OC)c1OC. The third-order valence-electron chi connectivity index (χ3n) is 8.43. The van der Waals surface area contributed by atoms with E-state index in [-0.39, 0.29) is 0 Å². The summed E-state index contributed by atoms with van der Waals surface area (Å²) >= 11 is 12.0. The van der Waals surface area contributed by atoms with Crippen molar-refractivity contribution in [2.24, 2.45) is 0 Å². The number of halogens is 2. The highest BCUT2D eigenvalue weighted by molar-refractivity contribution is 6.30. The van der Waals surface area contributed by atoms with Crippen LogP contribution in [0.3, 0.4) is 0 Å². The van der Waals surface area contributed by atoms with Gasteiger partial charge < -0.3 is 33.5 Å². The second-order valence-corrected chi connectivity index (χ2v) is 12.4. The van der Waals surface area contributed by atoms with Crippen LogP contribution in [-0.2, 0) is 6.42 Å². The van der Waals surface area contributed by atoms with Crippen molar-refractivity contribution in [2.45, 2.75) is 12.5 Å². The van der Waals surface area contributed by atoms with E-state index in [0.717, 1.165) is 33.4 Å². The molecule has 0 radical (unpaired) electrons. The maximum atomic E-state index is 11.1. The molecule has 1 atom stereocenters. The smallest absolute Gasteiger partial charge is 0.219 e. The summed E-state index contributed by atoms with van der Waals surface area (Å²) in [6.07, 6.45) is 3.10. The minimum absolute atomic E-state index is 0.338. The maximum absolute atomic E-state index is 11.1. The Bertz CT molecular complexity index is 2130. The van der Waals surface area contributed by atoms with Crippen molar-refractivity contribution in [2.75, 3.05) is 42.7 Å². The van der Waals surface area contributed by atoms with E-state index < -0.39 is 6.10 Å². The van der Waals surface area contributed by atoms with Crippen LogP contribution >= 0.6 is 23.2 Å². The number of methoxy groups -OCH3 is 6. The van der Waals surface area contributed by atoms with Gasteiger partial charge in [-0.15, -0.1) is 0 Å². The Morgan fingerprint density at radius 2 is 1.02 bits per heavy atom. The van der Waals surface area contributed by atoms with Gasteiger partial charge in [0.1, 0.15) is 6.10 Å². The van der Waals surface area contributed by atoms with Gasteiger partial charge in [-0.25, -0.2) is 9.97 Å². The monoisotopic (exact) mass is 754 g/mol. The molecule has 53 heavy (non-hydrogen) atoms. The quantitative estimate of drug-likeness (QED) is 0.131. The van der Waals surface area contributed by atoms with Crippen LogP contribution < -0.4 is 28.4 Å². The average molecular weight is 756 g/mol. The fourth-order valence-electron chi connectivity index (χ4n) is 5.84. The second kappa shape index (κ2) is 18.3. The lowest BCUT2D eigenvalue weighted by atomic mass is 9.98. The van der Waals surface area contributed by atoms with Gasteiger partial charge in [-0.05, 0) is 59.7 Å².